The molecule has 0 spiro atoms. The number of H-pyrrole nitrogens is 1. The molecule has 0 atom stereocenters. The summed E-state index contributed by atoms with van der Waals surface area (Å²) in [6.45, 7) is 3.44. The van der Waals surface area contributed by atoms with Gasteiger partial charge in [-0.3, -0.25) is 4.79 Å². The third-order valence-electron chi connectivity index (χ3n) is 3.22. The molecule has 0 radical (unpaired) electrons. The molecule has 0 aliphatic heterocycles. The van der Waals surface area contributed by atoms with Crippen LogP contribution < -0.4 is 4.74 Å². The van der Waals surface area contributed by atoms with E-state index in [0.29, 0.717) is 6.42 Å². The summed E-state index contributed by atoms with van der Waals surface area (Å²) in [7, 11) is 1.60. The van der Waals surface area contributed by atoms with Crippen molar-refractivity contribution >= 4 is 16.9 Å². The van der Waals surface area contributed by atoms with Gasteiger partial charge in [0.1, 0.15) is 5.75 Å². The molecule has 0 aliphatic carbocycles. The Morgan fingerprint density at radius 3 is 2.72 bits per heavy atom. The summed E-state index contributed by atoms with van der Waals surface area (Å²) in [6.07, 6.45) is 2.28. The number of hydrogen-bond acceptors (Lipinski definition) is 2. The van der Waals surface area contributed by atoms with Crippen LogP contribution in [0.3, 0.4) is 0 Å². The minimum absolute atomic E-state index is 0.431. The first-order valence-corrected chi connectivity index (χ1v) is 5.82. The topological polar surface area (TPSA) is 62.3 Å². The molecule has 2 aromatic rings. The van der Waals surface area contributed by atoms with Crippen LogP contribution in [0.2, 0.25) is 0 Å². The van der Waals surface area contributed by atoms with Crippen LogP contribution in [0.15, 0.2) is 24.4 Å². The Morgan fingerprint density at radius 2 is 2.11 bits per heavy atom. The van der Waals surface area contributed by atoms with Gasteiger partial charge in [-0.15, -0.1) is 0 Å². The summed E-state index contributed by atoms with van der Waals surface area (Å²) in [6, 6.07) is 5.75. The predicted octanol–water partition coefficient (Wildman–Crippen LogP) is 2.83. The molecule has 0 saturated heterocycles. The Labute approximate surface area is 106 Å². The quantitative estimate of drug-likeness (QED) is 0.873. The summed E-state index contributed by atoms with van der Waals surface area (Å²) in [5, 5.41) is 10.3. The summed E-state index contributed by atoms with van der Waals surface area (Å²) in [5.41, 5.74) is 1.11. The zero-order chi connectivity index (χ0) is 13.3. The van der Waals surface area contributed by atoms with Crippen molar-refractivity contribution in [2.24, 2.45) is 5.41 Å². The van der Waals surface area contributed by atoms with Gasteiger partial charge in [-0.2, -0.15) is 0 Å². The fourth-order valence-electron chi connectivity index (χ4n) is 2.07. The normalized spacial score (nSPS) is 11.7. The molecule has 18 heavy (non-hydrogen) atoms. The van der Waals surface area contributed by atoms with Crippen molar-refractivity contribution in [1.82, 2.24) is 4.98 Å². The first-order valence-electron chi connectivity index (χ1n) is 5.82. The molecular formula is C14H17NO3. The van der Waals surface area contributed by atoms with Crippen molar-refractivity contribution in [3.05, 3.63) is 30.0 Å². The Morgan fingerprint density at radius 1 is 1.39 bits per heavy atom. The largest absolute Gasteiger partial charge is 0.496 e. The van der Waals surface area contributed by atoms with E-state index in [9.17, 15) is 9.90 Å². The van der Waals surface area contributed by atoms with Gasteiger partial charge in [0.2, 0.25) is 0 Å². The summed E-state index contributed by atoms with van der Waals surface area (Å²) in [4.78, 5) is 14.4. The maximum absolute atomic E-state index is 11.3. The summed E-state index contributed by atoms with van der Waals surface area (Å²) >= 11 is 0. The van der Waals surface area contributed by atoms with Gasteiger partial charge in [-0.05, 0) is 38.5 Å². The highest BCUT2D eigenvalue weighted by Crippen LogP contribution is 2.33. The van der Waals surface area contributed by atoms with E-state index in [2.05, 4.69) is 4.98 Å². The average molecular weight is 247 g/mol. The number of methoxy groups -OCH3 is 1. The van der Waals surface area contributed by atoms with Crippen LogP contribution in [0.1, 0.15) is 19.4 Å². The first-order chi connectivity index (χ1) is 8.45. The molecule has 2 rings (SSSR count). The molecule has 1 heterocycles. The van der Waals surface area contributed by atoms with E-state index in [0.717, 1.165) is 22.2 Å². The van der Waals surface area contributed by atoms with Gasteiger partial charge >= 0.3 is 5.97 Å². The van der Waals surface area contributed by atoms with Crippen molar-refractivity contribution in [2.75, 3.05) is 7.11 Å². The molecule has 4 heteroatoms. The highest BCUT2D eigenvalue weighted by Gasteiger charge is 2.29. The van der Waals surface area contributed by atoms with Gasteiger partial charge in [0, 0.05) is 22.7 Å². The van der Waals surface area contributed by atoms with Crippen LogP contribution in [0.4, 0.5) is 0 Å². The number of aromatic amines is 1. The van der Waals surface area contributed by atoms with Gasteiger partial charge in [0.05, 0.1) is 12.5 Å². The second-order valence-corrected chi connectivity index (χ2v) is 5.05. The van der Waals surface area contributed by atoms with Gasteiger partial charge in [-0.25, -0.2) is 0 Å². The maximum Gasteiger partial charge on any atom is 0.309 e. The zero-order valence-electron chi connectivity index (χ0n) is 10.8. The molecule has 96 valence electrons. The summed E-state index contributed by atoms with van der Waals surface area (Å²) < 4.78 is 5.34. The van der Waals surface area contributed by atoms with Crippen LogP contribution in [-0.4, -0.2) is 23.2 Å². The third kappa shape index (κ3) is 2.06. The van der Waals surface area contributed by atoms with Crippen molar-refractivity contribution in [3.8, 4) is 5.75 Å². The fourth-order valence-corrected chi connectivity index (χ4v) is 2.07. The van der Waals surface area contributed by atoms with Crippen molar-refractivity contribution in [2.45, 2.75) is 20.3 Å². The van der Waals surface area contributed by atoms with Gasteiger partial charge in [0.25, 0.3) is 0 Å². The number of carbonyl (C=O) groups is 1. The molecule has 0 aliphatic rings. The van der Waals surface area contributed by atoms with Crippen LogP contribution in [0.25, 0.3) is 10.9 Å². The van der Waals surface area contributed by atoms with E-state index in [1.807, 2.05) is 24.4 Å². The monoisotopic (exact) mass is 247 g/mol. The Bertz CT molecular complexity index is 584. The van der Waals surface area contributed by atoms with Crippen molar-refractivity contribution in [3.63, 3.8) is 0 Å². The molecule has 1 aromatic carbocycles. The van der Waals surface area contributed by atoms with E-state index in [1.165, 1.54) is 0 Å². The minimum atomic E-state index is -0.821. The highest BCUT2D eigenvalue weighted by atomic mass is 16.5. The first kappa shape index (κ1) is 12.5. The predicted molar refractivity (Wildman–Crippen MR) is 70.0 cm³/mol. The molecular weight excluding hydrogens is 230 g/mol. The third-order valence-corrected chi connectivity index (χ3v) is 3.22. The number of fused-ring (bicyclic) bond motifs is 1. The number of aromatic nitrogens is 1. The van der Waals surface area contributed by atoms with Crippen molar-refractivity contribution < 1.29 is 14.6 Å². The van der Waals surface area contributed by atoms with Crippen molar-refractivity contribution in [1.29, 1.82) is 0 Å². The molecule has 4 nitrogen and oxygen atoms in total. The van der Waals surface area contributed by atoms with Crippen LogP contribution in [-0.2, 0) is 11.2 Å². The molecule has 0 unspecified atom stereocenters. The molecule has 0 fully saturated rings. The highest BCUT2D eigenvalue weighted by molar-refractivity contribution is 5.86. The number of carboxylic acids is 1. The van der Waals surface area contributed by atoms with E-state index in [1.54, 1.807) is 21.0 Å². The summed E-state index contributed by atoms with van der Waals surface area (Å²) in [5.74, 6) is -0.0754. The Hall–Kier alpha value is -1.97. The van der Waals surface area contributed by atoms with Crippen LogP contribution in [0, 0.1) is 5.41 Å². The minimum Gasteiger partial charge on any atom is -0.496 e. The SMILES string of the molecule is COc1ccc2[nH]ccc2c1CC(C)(C)C(=O)O. The number of carboxylic acid groups (broad SMARTS) is 1. The molecule has 0 saturated carbocycles. The second kappa shape index (κ2) is 4.37. The number of ether oxygens (including phenoxy) is 1. The zero-order valence-corrected chi connectivity index (χ0v) is 10.8. The van der Waals surface area contributed by atoms with E-state index in [-0.39, 0.29) is 0 Å². The van der Waals surface area contributed by atoms with Gasteiger partial charge in [0.15, 0.2) is 0 Å². The number of aliphatic carboxylic acids is 1. The molecule has 2 N–H and O–H groups in total. The molecule has 0 bridgehead atoms. The lowest BCUT2D eigenvalue weighted by Gasteiger charge is -2.21. The fraction of sp³-hybridized carbons (Fsp3) is 0.357. The van der Waals surface area contributed by atoms with E-state index >= 15 is 0 Å². The van der Waals surface area contributed by atoms with Crippen LogP contribution in [0.5, 0.6) is 5.75 Å². The lowest BCUT2D eigenvalue weighted by atomic mass is 9.84. The Kier molecular flexibility index (Phi) is 3.03. The van der Waals surface area contributed by atoms with E-state index in [4.69, 9.17) is 4.74 Å². The number of rotatable bonds is 4. The lowest BCUT2D eigenvalue weighted by molar-refractivity contribution is -0.146. The van der Waals surface area contributed by atoms with E-state index < -0.39 is 11.4 Å². The van der Waals surface area contributed by atoms with Gasteiger partial charge in [-0.1, -0.05) is 0 Å². The number of nitrogens with one attached hydrogen (secondary N) is 1. The Balaban J connectivity index is 2.54. The maximum atomic E-state index is 11.3. The van der Waals surface area contributed by atoms with Crippen LogP contribution >= 0.6 is 0 Å². The second-order valence-electron chi connectivity index (χ2n) is 5.05. The smallest absolute Gasteiger partial charge is 0.309 e. The van der Waals surface area contributed by atoms with Gasteiger partial charge < -0.3 is 14.8 Å². The average Bonchev–Trinajstić information content (AvgIpc) is 2.77. The lowest BCUT2D eigenvalue weighted by Crippen LogP contribution is -2.26. The number of hydrogen-bond donors (Lipinski definition) is 2. The molecule has 0 amide bonds. The molecule has 1 aromatic heterocycles. The number of benzene rings is 1. The standard InChI is InChI=1S/C14H17NO3/c1-14(2,13(16)17)8-10-9-6-7-15-11(9)4-5-12(10)18-3/h4-7,15H,8H2,1-3H3,(H,16,17).